The van der Waals surface area contributed by atoms with Crippen LogP contribution in [0, 0.1) is 16.7 Å². The van der Waals surface area contributed by atoms with E-state index < -0.39 is 0 Å². The molecule has 0 amide bonds. The number of fused-ring (bicyclic) bond motifs is 2. The summed E-state index contributed by atoms with van der Waals surface area (Å²) in [4.78, 5) is 12.0. The molecule has 2 unspecified atom stereocenters. The lowest BCUT2D eigenvalue weighted by Gasteiger charge is -2.46. The topological polar surface area (TPSA) is 17.1 Å². The molecule has 13 heavy (non-hydrogen) atoms. The van der Waals surface area contributed by atoms with Crippen molar-refractivity contribution in [3.05, 3.63) is 0 Å². The second-order valence-electron chi connectivity index (χ2n) is 5.37. The second-order valence-corrected chi connectivity index (χ2v) is 5.37. The Bertz CT molecular complexity index is 242. The smallest absolute Gasteiger partial charge is 0.139 e. The predicted octanol–water partition coefficient (Wildman–Crippen LogP) is 3.18. The van der Waals surface area contributed by atoms with Gasteiger partial charge in [-0.25, -0.2) is 0 Å². The summed E-state index contributed by atoms with van der Waals surface area (Å²) in [6.07, 6.45) is 5.61. The molecule has 2 aliphatic rings. The average molecular weight is 180 g/mol. The van der Waals surface area contributed by atoms with Gasteiger partial charge in [0.05, 0.1) is 0 Å². The van der Waals surface area contributed by atoms with E-state index >= 15 is 0 Å². The predicted molar refractivity (Wildman–Crippen MR) is 53.5 cm³/mol. The van der Waals surface area contributed by atoms with Gasteiger partial charge in [-0.1, -0.05) is 27.2 Å². The molecule has 0 aromatic heterocycles. The van der Waals surface area contributed by atoms with E-state index in [0.29, 0.717) is 11.7 Å². The van der Waals surface area contributed by atoms with E-state index in [4.69, 9.17) is 0 Å². The third kappa shape index (κ3) is 0.908. The van der Waals surface area contributed by atoms with E-state index in [1.165, 1.54) is 12.8 Å². The summed E-state index contributed by atoms with van der Waals surface area (Å²) >= 11 is 0. The third-order valence-electron chi connectivity index (χ3n) is 4.98. The van der Waals surface area contributed by atoms with Crippen molar-refractivity contribution >= 4 is 5.78 Å². The highest BCUT2D eigenvalue weighted by Crippen LogP contribution is 2.62. The van der Waals surface area contributed by atoms with Gasteiger partial charge >= 0.3 is 0 Å². The Morgan fingerprint density at radius 1 is 1.46 bits per heavy atom. The van der Waals surface area contributed by atoms with Crippen LogP contribution in [0.5, 0.6) is 0 Å². The molecule has 1 heteroatoms. The second kappa shape index (κ2) is 2.59. The van der Waals surface area contributed by atoms with Gasteiger partial charge in [-0.05, 0) is 30.6 Å². The van der Waals surface area contributed by atoms with E-state index in [0.717, 1.165) is 19.3 Å². The molecule has 0 aromatic rings. The van der Waals surface area contributed by atoms with Crippen LogP contribution < -0.4 is 0 Å². The molecular weight excluding hydrogens is 160 g/mol. The number of rotatable bonds is 1. The fourth-order valence-electron chi connectivity index (χ4n) is 3.83. The van der Waals surface area contributed by atoms with Crippen molar-refractivity contribution in [2.24, 2.45) is 16.7 Å². The quantitative estimate of drug-likeness (QED) is 0.605. The summed E-state index contributed by atoms with van der Waals surface area (Å²) in [5.74, 6) is 1.23. The Morgan fingerprint density at radius 2 is 2.15 bits per heavy atom. The van der Waals surface area contributed by atoms with Gasteiger partial charge in [0.2, 0.25) is 0 Å². The van der Waals surface area contributed by atoms with Crippen LogP contribution in [0.1, 0.15) is 52.9 Å². The Balaban J connectivity index is 2.45. The number of hydrogen-bond donors (Lipinski definition) is 0. The van der Waals surface area contributed by atoms with Gasteiger partial charge in [0.25, 0.3) is 0 Å². The summed E-state index contributed by atoms with van der Waals surface area (Å²) in [6.45, 7) is 6.81. The monoisotopic (exact) mass is 180 g/mol. The number of ketones is 1. The van der Waals surface area contributed by atoms with Crippen LogP contribution in [-0.2, 0) is 4.79 Å². The average Bonchev–Trinajstić information content (AvgIpc) is 2.25. The summed E-state index contributed by atoms with van der Waals surface area (Å²) in [5.41, 5.74) is 0.326. The first kappa shape index (κ1) is 9.23. The summed E-state index contributed by atoms with van der Waals surface area (Å²) in [6, 6.07) is 0. The van der Waals surface area contributed by atoms with Crippen molar-refractivity contribution in [3.63, 3.8) is 0 Å². The minimum absolute atomic E-state index is 0.0515. The normalized spacial score (nSPS) is 42.4. The lowest BCUT2D eigenvalue weighted by atomic mass is 9.57. The Kier molecular flexibility index (Phi) is 1.84. The van der Waals surface area contributed by atoms with Gasteiger partial charge in [-0.2, -0.15) is 0 Å². The van der Waals surface area contributed by atoms with Crippen LogP contribution in [0.2, 0.25) is 0 Å². The fourth-order valence-corrected chi connectivity index (χ4v) is 3.83. The van der Waals surface area contributed by atoms with E-state index in [1.54, 1.807) is 0 Å². The molecule has 1 nitrogen and oxygen atoms in total. The van der Waals surface area contributed by atoms with E-state index in [-0.39, 0.29) is 10.8 Å². The first-order valence-electron chi connectivity index (χ1n) is 5.58. The molecule has 0 radical (unpaired) electrons. The van der Waals surface area contributed by atoms with Crippen molar-refractivity contribution in [1.29, 1.82) is 0 Å². The minimum atomic E-state index is 0.0515. The number of carbonyl (C=O) groups is 1. The largest absolute Gasteiger partial charge is 0.299 e. The molecule has 2 aliphatic carbocycles. The molecule has 0 aromatic carbocycles. The van der Waals surface area contributed by atoms with Crippen LogP contribution in [-0.4, -0.2) is 5.78 Å². The lowest BCUT2D eigenvalue weighted by molar-refractivity contribution is -0.131. The highest BCUT2D eigenvalue weighted by Gasteiger charge is 2.60. The maximum absolute atomic E-state index is 12.0. The summed E-state index contributed by atoms with van der Waals surface area (Å²) in [5, 5.41) is 0. The highest BCUT2D eigenvalue weighted by molar-refractivity contribution is 5.88. The van der Waals surface area contributed by atoms with Crippen LogP contribution >= 0.6 is 0 Å². The number of Topliss-reactive ketones (excluding diaryl/α,β-unsaturated/α-hetero) is 1. The highest BCUT2D eigenvalue weighted by atomic mass is 16.1. The van der Waals surface area contributed by atoms with E-state index in [2.05, 4.69) is 20.8 Å². The molecular formula is C12H20O. The maximum Gasteiger partial charge on any atom is 0.139 e. The molecule has 2 atom stereocenters. The Labute approximate surface area is 80.9 Å². The lowest BCUT2D eigenvalue weighted by Crippen LogP contribution is -2.42. The van der Waals surface area contributed by atoms with E-state index in [9.17, 15) is 4.79 Å². The number of hydrogen-bond acceptors (Lipinski definition) is 1. The van der Waals surface area contributed by atoms with Crippen molar-refractivity contribution in [3.8, 4) is 0 Å². The van der Waals surface area contributed by atoms with Crippen molar-refractivity contribution < 1.29 is 4.79 Å². The summed E-state index contributed by atoms with van der Waals surface area (Å²) in [7, 11) is 0. The third-order valence-corrected chi connectivity index (χ3v) is 4.98. The molecule has 0 spiro atoms. The zero-order chi connectivity index (χ0) is 9.69. The van der Waals surface area contributed by atoms with Crippen LogP contribution in [0.15, 0.2) is 0 Å². The molecule has 0 heterocycles. The molecule has 2 fully saturated rings. The first-order valence-corrected chi connectivity index (χ1v) is 5.58. The SMILES string of the molecule is CCC12CCCC(CC1=O)C2(C)C. The van der Waals surface area contributed by atoms with E-state index in [1.807, 2.05) is 0 Å². The van der Waals surface area contributed by atoms with Crippen molar-refractivity contribution in [2.45, 2.75) is 52.9 Å². The first-order chi connectivity index (χ1) is 6.04. The molecule has 2 rings (SSSR count). The van der Waals surface area contributed by atoms with Crippen molar-refractivity contribution in [2.75, 3.05) is 0 Å². The van der Waals surface area contributed by atoms with Gasteiger partial charge in [-0.3, -0.25) is 4.79 Å². The molecule has 2 saturated carbocycles. The van der Waals surface area contributed by atoms with Crippen LogP contribution in [0.25, 0.3) is 0 Å². The standard InChI is InChI=1S/C12H20O/c1-4-12-7-5-6-9(8-10(12)13)11(12,2)3/h9H,4-8H2,1-3H3. The van der Waals surface area contributed by atoms with Gasteiger partial charge in [0.1, 0.15) is 5.78 Å². The van der Waals surface area contributed by atoms with Crippen LogP contribution in [0.4, 0.5) is 0 Å². The Morgan fingerprint density at radius 3 is 2.69 bits per heavy atom. The summed E-state index contributed by atoms with van der Waals surface area (Å²) < 4.78 is 0. The fraction of sp³-hybridized carbons (Fsp3) is 0.917. The minimum Gasteiger partial charge on any atom is -0.299 e. The van der Waals surface area contributed by atoms with Crippen molar-refractivity contribution in [1.82, 2.24) is 0 Å². The zero-order valence-corrected chi connectivity index (χ0v) is 9.02. The van der Waals surface area contributed by atoms with Gasteiger partial charge in [0, 0.05) is 11.8 Å². The molecule has 2 bridgehead atoms. The molecule has 0 N–H and O–H groups in total. The van der Waals surface area contributed by atoms with Gasteiger partial charge in [-0.15, -0.1) is 0 Å². The molecule has 0 aliphatic heterocycles. The van der Waals surface area contributed by atoms with Crippen LogP contribution in [0.3, 0.4) is 0 Å². The number of carbonyl (C=O) groups excluding carboxylic acids is 1. The maximum atomic E-state index is 12.0. The molecule has 0 saturated heterocycles. The van der Waals surface area contributed by atoms with Gasteiger partial charge < -0.3 is 0 Å². The van der Waals surface area contributed by atoms with Gasteiger partial charge in [0.15, 0.2) is 0 Å². The Hall–Kier alpha value is -0.330. The zero-order valence-electron chi connectivity index (χ0n) is 9.02. The molecule has 74 valence electrons.